The van der Waals surface area contributed by atoms with Crippen molar-refractivity contribution in [1.82, 2.24) is 5.32 Å². The zero-order chi connectivity index (χ0) is 19.2. The van der Waals surface area contributed by atoms with E-state index in [9.17, 15) is 18.0 Å². The Labute approximate surface area is 154 Å². The summed E-state index contributed by atoms with van der Waals surface area (Å²) in [6, 6.07) is 12.0. The lowest BCUT2D eigenvalue weighted by Gasteiger charge is -2.42. The molecule has 2 aromatic carbocycles. The van der Waals surface area contributed by atoms with Crippen LogP contribution in [0.1, 0.15) is 30.0 Å². The molecular formula is C20H19F3N2O2. The van der Waals surface area contributed by atoms with Gasteiger partial charge in [0, 0.05) is 12.1 Å². The van der Waals surface area contributed by atoms with E-state index in [1.807, 2.05) is 43.3 Å². The largest absolute Gasteiger partial charge is 0.471 e. The number of hydrogen-bond acceptors (Lipinski definition) is 3. The van der Waals surface area contributed by atoms with E-state index in [0.717, 1.165) is 16.8 Å². The van der Waals surface area contributed by atoms with Crippen LogP contribution >= 0.6 is 0 Å². The molecular weight excluding hydrogens is 357 g/mol. The van der Waals surface area contributed by atoms with Crippen molar-refractivity contribution in [3.05, 3.63) is 53.6 Å². The Morgan fingerprint density at radius 3 is 2.74 bits per heavy atom. The molecule has 2 aliphatic rings. The zero-order valence-electron chi connectivity index (χ0n) is 14.7. The Kier molecular flexibility index (Phi) is 4.25. The number of amides is 1. The van der Waals surface area contributed by atoms with Crippen molar-refractivity contribution in [1.29, 1.82) is 0 Å². The van der Waals surface area contributed by atoms with Crippen LogP contribution < -0.4 is 15.0 Å². The zero-order valence-corrected chi connectivity index (χ0v) is 14.7. The molecule has 1 amide bonds. The van der Waals surface area contributed by atoms with Crippen LogP contribution in [-0.4, -0.2) is 24.7 Å². The van der Waals surface area contributed by atoms with Gasteiger partial charge in [-0.15, -0.1) is 0 Å². The van der Waals surface area contributed by atoms with E-state index >= 15 is 0 Å². The molecule has 1 fully saturated rings. The summed E-state index contributed by atoms with van der Waals surface area (Å²) in [6.07, 6.45) is -3.76. The molecule has 1 unspecified atom stereocenters. The summed E-state index contributed by atoms with van der Waals surface area (Å²) in [5.74, 6) is -0.636. The second kappa shape index (κ2) is 6.48. The number of rotatable bonds is 1. The summed E-state index contributed by atoms with van der Waals surface area (Å²) in [5.41, 5.74) is 2.64. The predicted octanol–water partition coefficient (Wildman–Crippen LogP) is 4.49. The van der Waals surface area contributed by atoms with Crippen LogP contribution in [0, 0.1) is 6.92 Å². The molecule has 0 spiro atoms. The van der Waals surface area contributed by atoms with Gasteiger partial charge in [-0.25, -0.2) is 0 Å². The maximum Gasteiger partial charge on any atom is 0.471 e. The monoisotopic (exact) mass is 376 g/mol. The molecule has 27 heavy (non-hydrogen) atoms. The van der Waals surface area contributed by atoms with Crippen LogP contribution in [0.15, 0.2) is 42.5 Å². The van der Waals surface area contributed by atoms with Crippen molar-refractivity contribution in [2.45, 2.75) is 38.0 Å². The van der Waals surface area contributed by atoms with Crippen molar-refractivity contribution in [2.24, 2.45) is 0 Å². The first-order valence-electron chi connectivity index (χ1n) is 8.86. The fourth-order valence-electron chi connectivity index (χ4n) is 3.93. The molecule has 142 valence electrons. The third-order valence-corrected chi connectivity index (χ3v) is 5.09. The molecule has 0 bridgehead atoms. The second-order valence-electron chi connectivity index (χ2n) is 6.97. The van der Waals surface area contributed by atoms with Gasteiger partial charge in [0.05, 0.1) is 17.8 Å². The highest BCUT2D eigenvalue weighted by molar-refractivity contribution is 5.82. The number of fused-ring (bicyclic) bond motifs is 5. The van der Waals surface area contributed by atoms with Gasteiger partial charge in [0.1, 0.15) is 5.75 Å². The molecule has 0 aromatic heterocycles. The number of nitrogens with zero attached hydrogens (tertiary/aromatic N) is 1. The number of benzene rings is 2. The Morgan fingerprint density at radius 2 is 1.96 bits per heavy atom. The Bertz CT molecular complexity index is 882. The molecule has 2 heterocycles. The number of aryl methyl sites for hydroxylation is 1. The van der Waals surface area contributed by atoms with Gasteiger partial charge in [-0.3, -0.25) is 4.79 Å². The molecule has 0 radical (unpaired) electrons. The topological polar surface area (TPSA) is 41.6 Å². The first kappa shape index (κ1) is 17.7. The van der Waals surface area contributed by atoms with Gasteiger partial charge in [0.15, 0.2) is 5.75 Å². The number of hydrogen-bond donors (Lipinski definition) is 1. The van der Waals surface area contributed by atoms with Crippen LogP contribution in [0.2, 0.25) is 0 Å². The minimum Gasteiger partial charge on any atom is -0.455 e. The number of ether oxygens (including phenoxy) is 1. The number of alkyl halides is 3. The SMILES string of the molecule is Cc1ccc2c(c1)N1CCCC(NC(=O)C(F)(F)F)[C@H]1c1ccccc1O2. The van der Waals surface area contributed by atoms with Gasteiger partial charge in [-0.2, -0.15) is 13.2 Å². The summed E-state index contributed by atoms with van der Waals surface area (Å²) in [6.45, 7) is 2.64. The maximum absolute atomic E-state index is 12.8. The minimum atomic E-state index is -4.91. The molecule has 1 N–H and O–H groups in total. The standard InChI is InChI=1S/C20H19F3N2O2/c1-12-8-9-17-15(11-12)25-10-4-6-14(24-19(26)20(21,22)23)18(25)13-5-2-3-7-16(13)27-17/h2-3,5,7-9,11,14,18H,4,6,10H2,1H3,(H,24,26)/t14?,18-/m1/s1. The lowest BCUT2D eigenvalue weighted by Crippen LogP contribution is -2.52. The maximum atomic E-state index is 12.8. The van der Waals surface area contributed by atoms with Crippen LogP contribution in [0.5, 0.6) is 11.5 Å². The number of halogens is 3. The number of piperidine rings is 1. The van der Waals surface area contributed by atoms with Crippen LogP contribution in [0.3, 0.4) is 0 Å². The lowest BCUT2D eigenvalue weighted by atomic mass is 9.89. The highest BCUT2D eigenvalue weighted by Gasteiger charge is 2.44. The van der Waals surface area contributed by atoms with Gasteiger partial charge >= 0.3 is 12.1 Å². The van der Waals surface area contributed by atoms with Crippen molar-refractivity contribution < 1.29 is 22.7 Å². The average Bonchev–Trinajstić information content (AvgIpc) is 2.76. The highest BCUT2D eigenvalue weighted by Crippen LogP contribution is 2.47. The van der Waals surface area contributed by atoms with E-state index in [4.69, 9.17) is 4.74 Å². The van der Waals surface area contributed by atoms with E-state index in [0.29, 0.717) is 30.9 Å². The van der Waals surface area contributed by atoms with E-state index in [1.54, 1.807) is 6.07 Å². The molecule has 0 saturated carbocycles. The van der Waals surface area contributed by atoms with Crippen LogP contribution in [0.25, 0.3) is 0 Å². The highest BCUT2D eigenvalue weighted by atomic mass is 19.4. The summed E-state index contributed by atoms with van der Waals surface area (Å²) >= 11 is 0. The smallest absolute Gasteiger partial charge is 0.455 e. The summed E-state index contributed by atoms with van der Waals surface area (Å²) < 4.78 is 44.6. The normalized spacial score (nSPS) is 21.3. The van der Waals surface area contributed by atoms with Gasteiger partial charge < -0.3 is 15.0 Å². The molecule has 2 atom stereocenters. The van der Waals surface area contributed by atoms with Crippen LogP contribution in [-0.2, 0) is 4.79 Å². The first-order valence-corrected chi connectivity index (χ1v) is 8.86. The summed E-state index contributed by atoms with van der Waals surface area (Å²) in [4.78, 5) is 13.7. The Hall–Kier alpha value is -2.70. The molecule has 4 nitrogen and oxygen atoms in total. The van der Waals surface area contributed by atoms with Gasteiger partial charge in [-0.1, -0.05) is 24.3 Å². The number of nitrogens with one attached hydrogen (secondary N) is 1. The first-order chi connectivity index (χ1) is 12.8. The molecule has 2 aliphatic heterocycles. The average molecular weight is 376 g/mol. The summed E-state index contributed by atoms with van der Waals surface area (Å²) in [5, 5.41) is 2.21. The van der Waals surface area contributed by atoms with Crippen molar-refractivity contribution in [3.8, 4) is 11.5 Å². The fraction of sp³-hybridized carbons (Fsp3) is 0.350. The molecule has 2 aromatic rings. The minimum absolute atomic E-state index is 0.427. The van der Waals surface area contributed by atoms with E-state index in [1.165, 1.54) is 0 Å². The molecule has 4 rings (SSSR count). The van der Waals surface area contributed by atoms with Crippen LogP contribution in [0.4, 0.5) is 18.9 Å². The second-order valence-corrected chi connectivity index (χ2v) is 6.97. The van der Waals surface area contributed by atoms with Crippen molar-refractivity contribution in [3.63, 3.8) is 0 Å². The van der Waals surface area contributed by atoms with Gasteiger partial charge in [0.25, 0.3) is 0 Å². The van der Waals surface area contributed by atoms with E-state index in [-0.39, 0.29) is 0 Å². The van der Waals surface area contributed by atoms with Gasteiger partial charge in [-0.05, 0) is 43.5 Å². The third kappa shape index (κ3) is 3.22. The number of carbonyl (C=O) groups is 1. The van der Waals surface area contributed by atoms with Gasteiger partial charge in [0.2, 0.25) is 0 Å². The fourth-order valence-corrected chi connectivity index (χ4v) is 3.93. The van der Waals surface area contributed by atoms with Crippen molar-refractivity contribution in [2.75, 3.05) is 11.4 Å². The Morgan fingerprint density at radius 1 is 1.19 bits per heavy atom. The number of anilines is 1. The predicted molar refractivity (Wildman–Crippen MR) is 95.0 cm³/mol. The van der Waals surface area contributed by atoms with E-state index < -0.39 is 24.2 Å². The summed E-state index contributed by atoms with van der Waals surface area (Å²) in [7, 11) is 0. The third-order valence-electron chi connectivity index (χ3n) is 5.09. The lowest BCUT2D eigenvalue weighted by molar-refractivity contribution is -0.174. The number of carbonyl (C=O) groups excluding carboxylic acids is 1. The number of para-hydroxylation sites is 1. The molecule has 7 heteroatoms. The van der Waals surface area contributed by atoms with Crippen molar-refractivity contribution >= 4 is 11.6 Å². The molecule has 0 aliphatic carbocycles. The molecule has 1 saturated heterocycles. The quantitative estimate of drug-likeness (QED) is 0.797. The van der Waals surface area contributed by atoms with E-state index in [2.05, 4.69) is 10.2 Å². The Balaban J connectivity index is 1.81.